The minimum atomic E-state index is -3.08. The van der Waals surface area contributed by atoms with Crippen molar-refractivity contribution in [3.63, 3.8) is 0 Å². The first kappa shape index (κ1) is 12.5. The third-order valence-corrected chi connectivity index (χ3v) is 4.18. The van der Waals surface area contributed by atoms with Crippen LogP contribution < -0.4 is 0 Å². The number of aliphatic hydroxyl groups excluding tert-OH is 1. The van der Waals surface area contributed by atoms with Crippen LogP contribution in [0.25, 0.3) is 0 Å². The van der Waals surface area contributed by atoms with Crippen molar-refractivity contribution in [2.75, 3.05) is 19.3 Å². The Bertz CT molecular complexity index is 484. The summed E-state index contributed by atoms with van der Waals surface area (Å²) >= 11 is 0. The van der Waals surface area contributed by atoms with Gasteiger partial charge >= 0.3 is 0 Å². The largest absolute Gasteiger partial charge is 0.390 e. The fraction of sp³-hybridized carbons (Fsp3) is 0.778. The summed E-state index contributed by atoms with van der Waals surface area (Å²) in [5.41, 5.74) is 0.531. The highest BCUT2D eigenvalue weighted by atomic mass is 32.2. The lowest BCUT2D eigenvalue weighted by molar-refractivity contribution is 0.276. The van der Waals surface area contributed by atoms with Crippen molar-refractivity contribution in [3.8, 4) is 0 Å². The number of sulfonamides is 1. The monoisotopic (exact) mass is 260 g/mol. The minimum absolute atomic E-state index is 0.125. The molecule has 0 spiro atoms. The number of rotatable bonds is 4. The van der Waals surface area contributed by atoms with Gasteiger partial charge in [-0.25, -0.2) is 12.7 Å². The lowest BCUT2D eigenvalue weighted by Crippen LogP contribution is -2.28. The smallest absolute Gasteiger partial charge is 0.211 e. The highest BCUT2D eigenvalue weighted by molar-refractivity contribution is 7.88. The molecule has 8 heteroatoms. The summed E-state index contributed by atoms with van der Waals surface area (Å²) in [5, 5.41) is 16.5. The van der Waals surface area contributed by atoms with Crippen molar-refractivity contribution in [2.45, 2.75) is 19.6 Å². The van der Waals surface area contributed by atoms with Crippen molar-refractivity contribution >= 4 is 10.0 Å². The van der Waals surface area contributed by atoms with Crippen LogP contribution in [0.4, 0.5) is 0 Å². The van der Waals surface area contributed by atoms with Crippen LogP contribution in [0, 0.1) is 5.92 Å². The first-order valence-electron chi connectivity index (χ1n) is 5.44. The second-order valence-corrected chi connectivity index (χ2v) is 6.35. The Balaban J connectivity index is 1.94. The molecule has 1 atom stereocenters. The first-order chi connectivity index (χ1) is 7.99. The zero-order chi connectivity index (χ0) is 12.5. The van der Waals surface area contributed by atoms with Crippen molar-refractivity contribution in [3.05, 3.63) is 11.9 Å². The van der Waals surface area contributed by atoms with Crippen LogP contribution in [0.5, 0.6) is 0 Å². The molecule has 17 heavy (non-hydrogen) atoms. The van der Waals surface area contributed by atoms with E-state index in [0.717, 1.165) is 6.42 Å². The molecule has 2 heterocycles. The molecule has 1 unspecified atom stereocenters. The van der Waals surface area contributed by atoms with Crippen molar-refractivity contribution in [1.29, 1.82) is 0 Å². The standard InChI is InChI=1S/C9H16N4O3S/c1-17(15,16)13-3-2-8(5-13)4-12-6-9(7-14)10-11-12/h6,8,14H,2-5,7H2,1H3. The van der Waals surface area contributed by atoms with E-state index in [1.807, 2.05) is 0 Å². The lowest BCUT2D eigenvalue weighted by Gasteiger charge is -2.12. The molecule has 1 fully saturated rings. The van der Waals surface area contributed by atoms with E-state index in [9.17, 15) is 8.42 Å². The molecule has 2 rings (SSSR count). The van der Waals surface area contributed by atoms with E-state index in [-0.39, 0.29) is 12.5 Å². The summed E-state index contributed by atoms with van der Waals surface area (Å²) in [6.45, 7) is 1.62. The molecule has 0 aliphatic carbocycles. The SMILES string of the molecule is CS(=O)(=O)N1CCC(Cn2cc(CO)nn2)C1. The zero-order valence-corrected chi connectivity index (χ0v) is 10.5. The summed E-state index contributed by atoms with van der Waals surface area (Å²) in [6, 6.07) is 0. The van der Waals surface area contributed by atoms with E-state index in [0.29, 0.717) is 25.3 Å². The van der Waals surface area contributed by atoms with Gasteiger partial charge in [0.05, 0.1) is 19.1 Å². The van der Waals surface area contributed by atoms with Crippen LogP contribution in [0.3, 0.4) is 0 Å². The van der Waals surface area contributed by atoms with E-state index < -0.39 is 10.0 Å². The van der Waals surface area contributed by atoms with E-state index in [4.69, 9.17) is 5.11 Å². The molecule has 0 saturated carbocycles. The second kappa shape index (κ2) is 4.71. The van der Waals surface area contributed by atoms with Gasteiger partial charge in [0, 0.05) is 19.6 Å². The van der Waals surface area contributed by atoms with E-state index in [2.05, 4.69) is 10.3 Å². The third kappa shape index (κ3) is 3.02. The third-order valence-electron chi connectivity index (χ3n) is 2.91. The lowest BCUT2D eigenvalue weighted by atomic mass is 10.1. The maximum atomic E-state index is 11.3. The summed E-state index contributed by atoms with van der Waals surface area (Å²) in [7, 11) is -3.08. The molecular weight excluding hydrogens is 244 g/mol. The predicted octanol–water partition coefficient (Wildman–Crippen LogP) is -0.948. The first-order valence-corrected chi connectivity index (χ1v) is 7.29. The highest BCUT2D eigenvalue weighted by Crippen LogP contribution is 2.20. The van der Waals surface area contributed by atoms with E-state index in [1.165, 1.54) is 10.6 Å². The fourth-order valence-corrected chi connectivity index (χ4v) is 2.93. The van der Waals surface area contributed by atoms with E-state index in [1.54, 1.807) is 10.9 Å². The van der Waals surface area contributed by atoms with Gasteiger partial charge in [0.15, 0.2) is 0 Å². The predicted molar refractivity (Wildman–Crippen MR) is 60.5 cm³/mol. The second-order valence-electron chi connectivity index (χ2n) is 4.37. The molecule has 0 bridgehead atoms. The Kier molecular flexibility index (Phi) is 3.45. The van der Waals surface area contributed by atoms with Crippen molar-refractivity contribution in [2.24, 2.45) is 5.92 Å². The Morgan fingerprint density at radius 2 is 2.35 bits per heavy atom. The van der Waals surface area contributed by atoms with Crippen LogP contribution in [0.1, 0.15) is 12.1 Å². The summed E-state index contributed by atoms with van der Waals surface area (Å²) in [5.74, 6) is 0.262. The summed E-state index contributed by atoms with van der Waals surface area (Å²) < 4.78 is 25.8. The molecule has 1 aromatic rings. The van der Waals surface area contributed by atoms with Crippen molar-refractivity contribution in [1.82, 2.24) is 19.3 Å². The maximum absolute atomic E-state index is 11.3. The van der Waals surface area contributed by atoms with Crippen molar-refractivity contribution < 1.29 is 13.5 Å². The average Bonchev–Trinajstić information content (AvgIpc) is 2.86. The molecule has 7 nitrogen and oxygen atoms in total. The Labute approximate surface area is 100 Å². The Morgan fingerprint density at radius 1 is 1.59 bits per heavy atom. The number of aliphatic hydroxyl groups is 1. The van der Waals surface area contributed by atoms with Gasteiger partial charge < -0.3 is 5.11 Å². The fourth-order valence-electron chi connectivity index (χ4n) is 2.01. The molecule has 1 saturated heterocycles. The van der Waals surface area contributed by atoms with Gasteiger partial charge in [-0.15, -0.1) is 5.10 Å². The molecule has 0 amide bonds. The number of hydrogen-bond acceptors (Lipinski definition) is 5. The van der Waals surface area contributed by atoms with Gasteiger partial charge in [-0.2, -0.15) is 0 Å². The summed E-state index contributed by atoms with van der Waals surface area (Å²) in [6.07, 6.45) is 3.75. The van der Waals surface area contributed by atoms with Crippen LogP contribution in [-0.4, -0.2) is 52.2 Å². The van der Waals surface area contributed by atoms with Gasteiger partial charge in [-0.3, -0.25) is 4.68 Å². The maximum Gasteiger partial charge on any atom is 0.211 e. The molecule has 1 N–H and O–H groups in total. The van der Waals surface area contributed by atoms with Gasteiger partial charge in [0.25, 0.3) is 0 Å². The van der Waals surface area contributed by atoms with Crippen LogP contribution in [-0.2, 0) is 23.2 Å². The van der Waals surface area contributed by atoms with Crippen LogP contribution >= 0.6 is 0 Å². The van der Waals surface area contributed by atoms with Gasteiger partial charge in [0.1, 0.15) is 5.69 Å². The van der Waals surface area contributed by atoms with Crippen LogP contribution in [0.15, 0.2) is 6.20 Å². The zero-order valence-electron chi connectivity index (χ0n) is 9.65. The Hall–Kier alpha value is -0.990. The van der Waals surface area contributed by atoms with Gasteiger partial charge in [-0.05, 0) is 12.3 Å². The highest BCUT2D eigenvalue weighted by Gasteiger charge is 2.28. The quantitative estimate of drug-likeness (QED) is 0.754. The van der Waals surface area contributed by atoms with Crippen LogP contribution in [0.2, 0.25) is 0 Å². The van der Waals surface area contributed by atoms with Gasteiger partial charge in [0.2, 0.25) is 10.0 Å². The molecule has 0 radical (unpaired) electrons. The molecule has 1 aliphatic heterocycles. The Morgan fingerprint density at radius 3 is 2.88 bits per heavy atom. The minimum Gasteiger partial charge on any atom is -0.390 e. The van der Waals surface area contributed by atoms with E-state index >= 15 is 0 Å². The number of hydrogen-bond donors (Lipinski definition) is 1. The molecular formula is C9H16N4O3S. The normalized spacial score (nSPS) is 22.1. The number of nitrogens with zero attached hydrogens (tertiary/aromatic N) is 4. The summed E-state index contributed by atoms with van der Waals surface area (Å²) in [4.78, 5) is 0. The molecule has 96 valence electrons. The molecule has 1 aliphatic rings. The average molecular weight is 260 g/mol. The number of aromatic nitrogens is 3. The molecule has 1 aromatic heterocycles. The molecule has 0 aromatic carbocycles. The topological polar surface area (TPSA) is 88.3 Å². The van der Waals surface area contributed by atoms with Gasteiger partial charge in [-0.1, -0.05) is 5.21 Å².